The van der Waals surface area contributed by atoms with E-state index >= 15 is 0 Å². The van der Waals surface area contributed by atoms with Crippen LogP contribution in [-0.2, 0) is 4.79 Å². The molecule has 2 rings (SSSR count). The highest BCUT2D eigenvalue weighted by atomic mass is 35.5. The summed E-state index contributed by atoms with van der Waals surface area (Å²) in [5.41, 5.74) is 0.197. The van der Waals surface area contributed by atoms with Crippen molar-refractivity contribution in [3.8, 4) is 11.8 Å². The Bertz CT molecular complexity index is 793. The average molecular weight is 391 g/mol. The second-order valence-electron chi connectivity index (χ2n) is 6.09. The van der Waals surface area contributed by atoms with Crippen LogP contribution >= 0.6 is 11.6 Å². The molecule has 1 unspecified atom stereocenters. The van der Waals surface area contributed by atoms with Gasteiger partial charge in [0.15, 0.2) is 6.54 Å². The van der Waals surface area contributed by atoms with E-state index in [2.05, 4.69) is 0 Å². The summed E-state index contributed by atoms with van der Waals surface area (Å²) in [4.78, 5) is 14.9. The number of nitrogens with one attached hydrogen (secondary N) is 1. The molecule has 0 fully saturated rings. The topological polar surface area (TPSA) is 57.8 Å². The van der Waals surface area contributed by atoms with Crippen molar-refractivity contribution in [2.45, 2.75) is 6.42 Å². The third kappa shape index (κ3) is 6.55. The molecule has 0 saturated carbocycles. The molecular formula is C20H22ClFN3O2+. The predicted octanol–water partition coefficient (Wildman–Crippen LogP) is 2.32. The summed E-state index contributed by atoms with van der Waals surface area (Å²) in [6.07, 6.45) is 0.138. The lowest BCUT2D eigenvalue weighted by Gasteiger charge is -2.24. The van der Waals surface area contributed by atoms with Gasteiger partial charge in [0.2, 0.25) is 0 Å². The number of hydrogen-bond acceptors (Lipinski definition) is 3. The van der Waals surface area contributed by atoms with Crippen molar-refractivity contribution >= 4 is 23.2 Å². The highest BCUT2D eigenvalue weighted by Gasteiger charge is 2.21. The van der Waals surface area contributed by atoms with E-state index in [0.29, 0.717) is 23.9 Å². The van der Waals surface area contributed by atoms with Crippen molar-refractivity contribution < 1.29 is 18.8 Å². The number of amides is 1. The number of hydrogen-bond donors (Lipinski definition) is 1. The van der Waals surface area contributed by atoms with E-state index < -0.39 is 5.82 Å². The third-order valence-corrected chi connectivity index (χ3v) is 4.21. The summed E-state index contributed by atoms with van der Waals surface area (Å²) >= 11 is 5.83. The van der Waals surface area contributed by atoms with Crippen molar-refractivity contribution in [1.29, 1.82) is 5.26 Å². The zero-order chi connectivity index (χ0) is 19.6. The van der Waals surface area contributed by atoms with Crippen molar-refractivity contribution in [3.63, 3.8) is 0 Å². The van der Waals surface area contributed by atoms with E-state index in [0.717, 1.165) is 4.90 Å². The molecule has 1 N–H and O–H groups in total. The molecule has 0 radical (unpaired) electrons. The molecule has 0 aliphatic heterocycles. The summed E-state index contributed by atoms with van der Waals surface area (Å²) in [5.74, 6) is -0.00705. The van der Waals surface area contributed by atoms with Gasteiger partial charge in [0.25, 0.3) is 5.91 Å². The zero-order valence-corrected chi connectivity index (χ0v) is 15.9. The molecule has 27 heavy (non-hydrogen) atoms. The maximum Gasteiger partial charge on any atom is 0.282 e. The monoisotopic (exact) mass is 390 g/mol. The Hall–Kier alpha value is -2.62. The Balaban J connectivity index is 1.90. The smallest absolute Gasteiger partial charge is 0.282 e. The van der Waals surface area contributed by atoms with E-state index in [1.165, 1.54) is 11.0 Å². The number of benzene rings is 2. The van der Waals surface area contributed by atoms with Crippen LogP contribution in [0.25, 0.3) is 0 Å². The first-order chi connectivity index (χ1) is 13.0. The van der Waals surface area contributed by atoms with Gasteiger partial charge in [-0.25, -0.2) is 4.39 Å². The number of halogens is 2. The van der Waals surface area contributed by atoms with Crippen LogP contribution < -0.4 is 14.5 Å². The lowest BCUT2D eigenvalue weighted by atomic mass is 10.2. The number of rotatable bonds is 9. The van der Waals surface area contributed by atoms with E-state index in [9.17, 15) is 9.18 Å². The van der Waals surface area contributed by atoms with Gasteiger partial charge in [0.05, 0.1) is 25.2 Å². The molecule has 0 saturated heterocycles. The molecule has 0 aromatic heterocycles. The molecule has 7 heteroatoms. The first kappa shape index (κ1) is 20.7. The summed E-state index contributed by atoms with van der Waals surface area (Å²) in [6.45, 7) is 1.35. The van der Waals surface area contributed by atoms with Gasteiger partial charge in [-0.05, 0) is 36.4 Å². The van der Waals surface area contributed by atoms with E-state index in [4.69, 9.17) is 21.6 Å². The van der Waals surface area contributed by atoms with Crippen molar-refractivity contribution in [1.82, 2.24) is 0 Å². The van der Waals surface area contributed by atoms with E-state index in [1.54, 1.807) is 42.5 Å². The number of carbonyl (C=O) groups is 1. The maximum atomic E-state index is 14.1. The number of carbonyl (C=O) groups excluding carboxylic acids is 1. The SMILES string of the molecule is C[NH+](CCOc1ccc(Cl)cc1)CC(=O)N(CCC#N)c1ccccc1F. The molecule has 0 heterocycles. The van der Waals surface area contributed by atoms with Crippen LogP contribution in [0.2, 0.25) is 5.02 Å². The summed E-state index contributed by atoms with van der Waals surface area (Å²) < 4.78 is 19.7. The first-order valence-corrected chi connectivity index (χ1v) is 9.00. The molecule has 0 aliphatic rings. The summed E-state index contributed by atoms with van der Waals surface area (Å²) in [7, 11) is 1.87. The van der Waals surface area contributed by atoms with Crippen LogP contribution in [0, 0.1) is 17.1 Å². The molecule has 0 aliphatic carbocycles. The highest BCUT2D eigenvalue weighted by Crippen LogP contribution is 2.19. The fourth-order valence-corrected chi connectivity index (χ4v) is 2.65. The number of nitriles is 1. The fraction of sp³-hybridized carbons (Fsp3) is 0.300. The minimum atomic E-state index is -0.479. The first-order valence-electron chi connectivity index (χ1n) is 8.62. The van der Waals surface area contributed by atoms with Crippen LogP contribution in [0.5, 0.6) is 5.75 Å². The van der Waals surface area contributed by atoms with Gasteiger partial charge in [-0.3, -0.25) is 4.79 Å². The Labute approximate surface area is 163 Å². The number of quaternary nitrogens is 1. The van der Waals surface area contributed by atoms with E-state index in [-0.39, 0.29) is 31.1 Å². The third-order valence-electron chi connectivity index (χ3n) is 3.96. The van der Waals surface area contributed by atoms with Crippen molar-refractivity contribution in [3.05, 3.63) is 59.4 Å². The van der Waals surface area contributed by atoms with Crippen molar-refractivity contribution in [2.24, 2.45) is 0 Å². The Morgan fingerprint density at radius 1 is 1.26 bits per heavy atom. The molecular weight excluding hydrogens is 369 g/mol. The summed E-state index contributed by atoms with van der Waals surface area (Å²) in [6, 6.07) is 15.1. The second-order valence-corrected chi connectivity index (χ2v) is 6.53. The minimum Gasteiger partial charge on any atom is -0.488 e. The van der Waals surface area contributed by atoms with Gasteiger partial charge in [0.1, 0.15) is 24.7 Å². The number of para-hydroxylation sites is 1. The van der Waals surface area contributed by atoms with Gasteiger partial charge in [-0.1, -0.05) is 23.7 Å². The number of nitrogens with zero attached hydrogens (tertiary/aromatic N) is 2. The Morgan fingerprint density at radius 3 is 2.63 bits per heavy atom. The van der Waals surface area contributed by atoms with Crippen LogP contribution in [0.15, 0.2) is 48.5 Å². The lowest BCUT2D eigenvalue weighted by Crippen LogP contribution is -3.10. The molecule has 142 valence electrons. The van der Waals surface area contributed by atoms with Crippen LogP contribution in [0.3, 0.4) is 0 Å². The average Bonchev–Trinajstić information content (AvgIpc) is 2.65. The molecule has 2 aromatic carbocycles. The molecule has 1 amide bonds. The summed E-state index contributed by atoms with van der Waals surface area (Å²) in [5, 5.41) is 9.46. The fourth-order valence-electron chi connectivity index (χ4n) is 2.53. The molecule has 0 bridgehead atoms. The van der Waals surface area contributed by atoms with Gasteiger partial charge in [-0.15, -0.1) is 0 Å². The highest BCUT2D eigenvalue weighted by molar-refractivity contribution is 6.30. The van der Waals surface area contributed by atoms with Crippen molar-refractivity contribution in [2.75, 3.05) is 38.2 Å². The Kier molecular flexibility index (Phi) is 8.05. The zero-order valence-electron chi connectivity index (χ0n) is 15.1. The van der Waals surface area contributed by atoms with Gasteiger partial charge in [0, 0.05) is 11.6 Å². The molecule has 0 spiro atoms. The van der Waals surface area contributed by atoms with Crippen LogP contribution in [0.1, 0.15) is 6.42 Å². The maximum absolute atomic E-state index is 14.1. The van der Waals surface area contributed by atoms with Gasteiger partial charge >= 0.3 is 0 Å². The largest absolute Gasteiger partial charge is 0.488 e. The predicted molar refractivity (Wildman–Crippen MR) is 103 cm³/mol. The van der Waals surface area contributed by atoms with Crippen LogP contribution in [0.4, 0.5) is 10.1 Å². The molecule has 1 atom stereocenters. The quantitative estimate of drug-likeness (QED) is 0.715. The number of likely N-dealkylation sites (N-methyl/N-ethyl adjacent to an activating group) is 1. The number of anilines is 1. The molecule has 2 aromatic rings. The lowest BCUT2D eigenvalue weighted by molar-refractivity contribution is -0.871. The molecule has 5 nitrogen and oxygen atoms in total. The number of ether oxygens (including phenoxy) is 1. The normalized spacial score (nSPS) is 11.5. The van der Waals surface area contributed by atoms with Gasteiger partial charge < -0.3 is 14.5 Å². The minimum absolute atomic E-state index is 0.138. The Morgan fingerprint density at radius 2 is 1.96 bits per heavy atom. The standard InChI is InChI=1S/C20H21ClFN3O2/c1-24(13-14-27-17-9-7-16(21)8-10-17)15-20(26)25(12-4-11-23)19-6-3-2-5-18(19)22/h2-3,5-10H,4,12-15H2,1H3/p+1. The second kappa shape index (κ2) is 10.5. The van der Waals surface area contributed by atoms with Gasteiger partial charge in [-0.2, -0.15) is 5.26 Å². The van der Waals surface area contributed by atoms with E-state index in [1.807, 2.05) is 13.1 Å². The van der Waals surface area contributed by atoms with Crippen LogP contribution in [-0.4, -0.2) is 39.2 Å².